The van der Waals surface area contributed by atoms with Crippen molar-refractivity contribution in [2.24, 2.45) is 0 Å². The van der Waals surface area contributed by atoms with E-state index in [-0.39, 0.29) is 5.91 Å². The lowest BCUT2D eigenvalue weighted by Crippen LogP contribution is -2.48. The summed E-state index contributed by atoms with van der Waals surface area (Å²) in [5, 5.41) is 1.72. The predicted molar refractivity (Wildman–Crippen MR) is 106 cm³/mol. The lowest BCUT2D eigenvalue weighted by Gasteiger charge is -2.34. The van der Waals surface area contributed by atoms with Gasteiger partial charge in [-0.2, -0.15) is 0 Å². The number of hydrogen-bond donors (Lipinski definition) is 0. The minimum Gasteiger partial charge on any atom is -0.340 e. The summed E-state index contributed by atoms with van der Waals surface area (Å²) < 4.78 is 27.3. The third-order valence-corrected chi connectivity index (χ3v) is 7.46. The van der Waals surface area contributed by atoms with Gasteiger partial charge >= 0.3 is 0 Å². The topological polar surface area (TPSA) is 60.9 Å². The molecule has 0 spiro atoms. The zero-order valence-electron chi connectivity index (χ0n) is 15.6. The lowest BCUT2D eigenvalue weighted by molar-refractivity contribution is -0.132. The molecule has 1 amide bonds. The smallest absolute Gasteiger partial charge is 0.265 e. The summed E-state index contributed by atoms with van der Waals surface area (Å²) in [6.45, 7) is 6.84. The Morgan fingerprint density at radius 3 is 2.44 bits per heavy atom. The summed E-state index contributed by atoms with van der Waals surface area (Å²) >= 11 is 0. The van der Waals surface area contributed by atoms with Crippen LogP contribution in [0.4, 0.5) is 5.69 Å². The van der Waals surface area contributed by atoms with Crippen LogP contribution >= 0.6 is 0 Å². The Balaban J connectivity index is 1.42. The average Bonchev–Trinajstić information content (AvgIpc) is 2.91. The maximum Gasteiger partial charge on any atom is 0.265 e. The monoisotopic (exact) mass is 387 g/mol. The number of rotatable bonds is 5. The number of hydrogen-bond acceptors (Lipinski definition) is 4. The normalized spacial score (nSPS) is 19.0. The highest BCUT2D eigenvalue weighted by Gasteiger charge is 2.35. The molecule has 0 atom stereocenters. The number of piperazine rings is 1. The molecule has 7 heteroatoms. The molecule has 0 bridgehead atoms. The van der Waals surface area contributed by atoms with E-state index in [4.69, 9.17) is 0 Å². The number of anilines is 1. The number of benzene rings is 2. The van der Waals surface area contributed by atoms with Crippen molar-refractivity contribution in [3.63, 3.8) is 0 Å². The van der Waals surface area contributed by atoms with Gasteiger partial charge in [0.1, 0.15) is 0 Å². The van der Waals surface area contributed by atoms with Crippen LogP contribution in [0.1, 0.15) is 19.8 Å². The zero-order valence-corrected chi connectivity index (χ0v) is 16.4. The Hall–Kier alpha value is -2.12. The highest BCUT2D eigenvalue weighted by molar-refractivity contribution is 7.93. The lowest BCUT2D eigenvalue weighted by atomic mass is 10.1. The summed E-state index contributed by atoms with van der Waals surface area (Å²) in [7, 11) is -3.53. The first-order valence-corrected chi connectivity index (χ1v) is 11.0. The van der Waals surface area contributed by atoms with Gasteiger partial charge in [-0.05, 0) is 30.5 Å². The maximum atomic E-state index is 12.9. The molecule has 2 aliphatic rings. The number of amides is 1. The molecule has 0 aliphatic carbocycles. The second-order valence-corrected chi connectivity index (χ2v) is 8.96. The van der Waals surface area contributed by atoms with Gasteiger partial charge in [-0.3, -0.25) is 9.10 Å². The highest BCUT2D eigenvalue weighted by Crippen LogP contribution is 2.41. The van der Waals surface area contributed by atoms with Crippen LogP contribution in [0, 0.1) is 0 Å². The van der Waals surface area contributed by atoms with Crippen LogP contribution in [0.5, 0.6) is 0 Å². The standard InChI is InChI=1S/C20H25N3O3S/c1-2-21-12-14-22(15-13-21)19(24)10-5-11-23-17-8-3-6-16-7-4-9-18(20(16)17)27(23,25)26/h3-4,6-9H,2,5,10-15H2,1H3. The van der Waals surface area contributed by atoms with Crippen molar-refractivity contribution in [3.05, 3.63) is 36.4 Å². The van der Waals surface area contributed by atoms with Gasteiger partial charge in [0.2, 0.25) is 5.91 Å². The van der Waals surface area contributed by atoms with Crippen LogP contribution in [0.25, 0.3) is 10.8 Å². The second-order valence-electron chi connectivity index (χ2n) is 7.13. The first-order valence-electron chi connectivity index (χ1n) is 9.57. The van der Waals surface area contributed by atoms with Crippen LogP contribution in [-0.2, 0) is 14.8 Å². The number of likely N-dealkylation sites (N-methyl/N-ethyl adjacent to an activating group) is 1. The van der Waals surface area contributed by atoms with E-state index in [1.54, 1.807) is 12.1 Å². The molecule has 27 heavy (non-hydrogen) atoms. The fourth-order valence-electron chi connectivity index (χ4n) is 4.04. The molecule has 1 saturated heterocycles. The van der Waals surface area contributed by atoms with Crippen LogP contribution in [-0.4, -0.2) is 63.4 Å². The van der Waals surface area contributed by atoms with Gasteiger partial charge in [-0.25, -0.2) is 8.42 Å². The summed E-state index contributed by atoms with van der Waals surface area (Å²) in [5.41, 5.74) is 0.729. The van der Waals surface area contributed by atoms with Gasteiger partial charge in [-0.1, -0.05) is 31.2 Å². The zero-order chi connectivity index (χ0) is 19.0. The first kappa shape index (κ1) is 18.3. The average molecular weight is 388 g/mol. The maximum absolute atomic E-state index is 12.9. The van der Waals surface area contributed by atoms with Crippen molar-refractivity contribution >= 4 is 32.4 Å². The van der Waals surface area contributed by atoms with E-state index < -0.39 is 10.0 Å². The van der Waals surface area contributed by atoms with E-state index in [0.29, 0.717) is 24.3 Å². The number of nitrogens with zero attached hydrogens (tertiary/aromatic N) is 3. The molecule has 6 nitrogen and oxygen atoms in total. The van der Waals surface area contributed by atoms with E-state index in [1.807, 2.05) is 29.2 Å². The van der Waals surface area contributed by atoms with E-state index in [1.165, 1.54) is 4.31 Å². The second kappa shape index (κ2) is 7.13. The molecular weight excluding hydrogens is 362 g/mol. The van der Waals surface area contributed by atoms with Crippen molar-refractivity contribution in [3.8, 4) is 0 Å². The Labute approximate surface area is 160 Å². The Bertz CT molecular complexity index is 960. The van der Waals surface area contributed by atoms with E-state index >= 15 is 0 Å². The molecule has 144 valence electrons. The summed E-state index contributed by atoms with van der Waals surface area (Å²) in [4.78, 5) is 17.1. The fourth-order valence-corrected chi connectivity index (χ4v) is 5.79. The molecule has 2 aromatic carbocycles. The molecule has 0 radical (unpaired) electrons. The van der Waals surface area contributed by atoms with Gasteiger partial charge in [0, 0.05) is 44.5 Å². The Morgan fingerprint density at radius 2 is 1.74 bits per heavy atom. The molecule has 4 rings (SSSR count). The third kappa shape index (κ3) is 3.19. The molecule has 1 fully saturated rings. The molecule has 2 heterocycles. The van der Waals surface area contributed by atoms with Gasteiger partial charge < -0.3 is 9.80 Å². The first-order chi connectivity index (χ1) is 13.0. The van der Waals surface area contributed by atoms with Crippen molar-refractivity contribution in [2.75, 3.05) is 43.6 Å². The summed E-state index contributed by atoms with van der Waals surface area (Å²) in [5.74, 6) is 0.123. The summed E-state index contributed by atoms with van der Waals surface area (Å²) in [6, 6.07) is 11.0. The van der Waals surface area contributed by atoms with Gasteiger partial charge in [0.15, 0.2) is 0 Å². The fraction of sp³-hybridized carbons (Fsp3) is 0.450. The molecule has 0 N–H and O–H groups in total. The molecule has 0 unspecified atom stereocenters. The van der Waals surface area contributed by atoms with Crippen molar-refractivity contribution in [1.29, 1.82) is 0 Å². The van der Waals surface area contributed by atoms with E-state index in [9.17, 15) is 13.2 Å². The molecule has 2 aromatic rings. The number of carbonyl (C=O) groups is 1. The van der Waals surface area contributed by atoms with Crippen LogP contribution < -0.4 is 4.31 Å². The molecule has 2 aliphatic heterocycles. The van der Waals surface area contributed by atoms with Gasteiger partial charge in [0.25, 0.3) is 10.0 Å². The Kier molecular flexibility index (Phi) is 4.82. The third-order valence-electron chi connectivity index (χ3n) is 5.61. The molecule has 0 saturated carbocycles. The minimum atomic E-state index is -3.53. The van der Waals surface area contributed by atoms with Crippen molar-refractivity contribution < 1.29 is 13.2 Å². The molecule has 0 aromatic heterocycles. The molecular formula is C20H25N3O3S. The number of sulfonamides is 1. The van der Waals surface area contributed by atoms with Gasteiger partial charge in [0.05, 0.1) is 10.6 Å². The van der Waals surface area contributed by atoms with E-state index in [2.05, 4.69) is 11.8 Å². The van der Waals surface area contributed by atoms with Crippen LogP contribution in [0.2, 0.25) is 0 Å². The largest absolute Gasteiger partial charge is 0.340 e. The van der Waals surface area contributed by atoms with Crippen molar-refractivity contribution in [1.82, 2.24) is 9.80 Å². The summed E-state index contributed by atoms with van der Waals surface area (Å²) in [6.07, 6.45) is 0.904. The van der Waals surface area contributed by atoms with Crippen LogP contribution in [0.3, 0.4) is 0 Å². The SMILES string of the molecule is CCN1CCN(C(=O)CCCN2c3cccc4cccc(c34)S2(=O)=O)CC1. The van der Waals surface area contributed by atoms with E-state index in [0.717, 1.165) is 49.2 Å². The quantitative estimate of drug-likeness (QED) is 0.790. The number of carbonyl (C=O) groups excluding carboxylic acids is 1. The van der Waals surface area contributed by atoms with Gasteiger partial charge in [-0.15, -0.1) is 0 Å². The van der Waals surface area contributed by atoms with Crippen LogP contribution in [0.15, 0.2) is 41.3 Å². The minimum absolute atomic E-state index is 0.123. The highest BCUT2D eigenvalue weighted by atomic mass is 32.2. The Morgan fingerprint density at radius 1 is 1.04 bits per heavy atom. The van der Waals surface area contributed by atoms with Crippen molar-refractivity contribution in [2.45, 2.75) is 24.7 Å². The predicted octanol–water partition coefficient (Wildman–Crippen LogP) is 2.29.